The van der Waals surface area contributed by atoms with Gasteiger partial charge in [0.1, 0.15) is 0 Å². The lowest BCUT2D eigenvalue weighted by molar-refractivity contribution is 0.0652. The predicted molar refractivity (Wildman–Crippen MR) is 133 cm³/mol. The first-order valence-corrected chi connectivity index (χ1v) is 11.3. The fourth-order valence-electron chi connectivity index (χ4n) is 4.22. The van der Waals surface area contributed by atoms with Gasteiger partial charge in [0.2, 0.25) is 0 Å². The van der Waals surface area contributed by atoms with Gasteiger partial charge in [-0.05, 0) is 29.8 Å². The Morgan fingerprint density at radius 1 is 0.909 bits per heavy atom. The molecule has 0 aliphatic carbocycles. The van der Waals surface area contributed by atoms with Gasteiger partial charge in [0.05, 0.1) is 16.8 Å². The normalized spacial score (nSPS) is 14.7. The standard InChI is InChI=1S/C28H26N4O/c33-28(32-18-16-31(17-19-32)15-7-10-22-8-2-1-3-9-22)25-20-27(23-11-6-14-29-21-23)30-26-13-5-4-12-24(25)26/h1-14,20-21H,15-19H2/b10-7+. The second-order valence-corrected chi connectivity index (χ2v) is 8.22. The van der Waals surface area contributed by atoms with Gasteiger partial charge < -0.3 is 4.90 Å². The summed E-state index contributed by atoms with van der Waals surface area (Å²) in [6.45, 7) is 4.06. The average molecular weight is 435 g/mol. The van der Waals surface area contributed by atoms with Crippen molar-refractivity contribution in [1.29, 1.82) is 0 Å². The Morgan fingerprint density at radius 2 is 1.70 bits per heavy atom. The number of amides is 1. The third-order valence-corrected chi connectivity index (χ3v) is 6.04. The molecule has 0 N–H and O–H groups in total. The molecule has 5 rings (SSSR count). The monoisotopic (exact) mass is 434 g/mol. The van der Waals surface area contributed by atoms with E-state index < -0.39 is 0 Å². The van der Waals surface area contributed by atoms with Crippen LogP contribution in [-0.2, 0) is 0 Å². The smallest absolute Gasteiger partial charge is 0.254 e. The maximum absolute atomic E-state index is 13.6. The number of piperazine rings is 1. The summed E-state index contributed by atoms with van der Waals surface area (Å²) in [5.41, 5.74) is 4.42. The van der Waals surface area contributed by atoms with Gasteiger partial charge in [0.15, 0.2) is 0 Å². The topological polar surface area (TPSA) is 49.3 Å². The maximum Gasteiger partial charge on any atom is 0.254 e. The van der Waals surface area contributed by atoms with Crippen LogP contribution in [-0.4, -0.2) is 58.4 Å². The number of carbonyl (C=O) groups excluding carboxylic acids is 1. The van der Waals surface area contributed by atoms with E-state index in [-0.39, 0.29) is 5.91 Å². The number of hydrogen-bond donors (Lipinski definition) is 0. The van der Waals surface area contributed by atoms with Crippen molar-refractivity contribution < 1.29 is 4.79 Å². The summed E-state index contributed by atoms with van der Waals surface area (Å²) < 4.78 is 0. The van der Waals surface area contributed by atoms with Crippen molar-refractivity contribution in [2.24, 2.45) is 0 Å². The molecule has 2 aromatic carbocycles. The number of benzene rings is 2. The third kappa shape index (κ3) is 4.83. The number of nitrogens with zero attached hydrogens (tertiary/aromatic N) is 4. The molecule has 0 bridgehead atoms. The minimum atomic E-state index is 0.0678. The van der Waals surface area contributed by atoms with Gasteiger partial charge in [-0.1, -0.05) is 60.7 Å². The molecule has 1 fully saturated rings. The first-order chi connectivity index (χ1) is 16.3. The van der Waals surface area contributed by atoms with E-state index in [2.05, 4.69) is 34.2 Å². The fraction of sp³-hybridized carbons (Fsp3) is 0.179. The Balaban J connectivity index is 1.31. The van der Waals surface area contributed by atoms with E-state index >= 15 is 0 Å². The van der Waals surface area contributed by atoms with Crippen LogP contribution < -0.4 is 0 Å². The zero-order valence-electron chi connectivity index (χ0n) is 18.5. The summed E-state index contributed by atoms with van der Waals surface area (Å²) in [5.74, 6) is 0.0678. The van der Waals surface area contributed by atoms with Crippen molar-refractivity contribution >= 4 is 22.9 Å². The molecular weight excluding hydrogens is 408 g/mol. The van der Waals surface area contributed by atoms with Crippen LogP contribution in [0, 0.1) is 0 Å². The van der Waals surface area contributed by atoms with Crippen LogP contribution in [0.4, 0.5) is 0 Å². The third-order valence-electron chi connectivity index (χ3n) is 6.04. The second kappa shape index (κ2) is 9.76. The first kappa shape index (κ1) is 21.0. The summed E-state index contributed by atoms with van der Waals surface area (Å²) in [7, 11) is 0. The van der Waals surface area contributed by atoms with Crippen LogP contribution in [0.1, 0.15) is 15.9 Å². The van der Waals surface area contributed by atoms with Gasteiger partial charge in [-0.3, -0.25) is 14.7 Å². The molecule has 5 heteroatoms. The van der Waals surface area contributed by atoms with E-state index in [0.29, 0.717) is 5.56 Å². The lowest BCUT2D eigenvalue weighted by Crippen LogP contribution is -2.48. The molecule has 3 heterocycles. The molecule has 1 aliphatic heterocycles. The Labute approximate surface area is 194 Å². The van der Waals surface area contributed by atoms with Gasteiger partial charge in [-0.2, -0.15) is 0 Å². The molecule has 0 unspecified atom stereocenters. The highest BCUT2D eigenvalue weighted by molar-refractivity contribution is 6.07. The average Bonchev–Trinajstić information content (AvgIpc) is 2.89. The van der Waals surface area contributed by atoms with E-state index in [4.69, 9.17) is 4.98 Å². The van der Waals surface area contributed by atoms with Gasteiger partial charge >= 0.3 is 0 Å². The molecule has 1 saturated heterocycles. The fourth-order valence-corrected chi connectivity index (χ4v) is 4.22. The predicted octanol–water partition coefficient (Wildman–Crippen LogP) is 4.77. The largest absolute Gasteiger partial charge is 0.336 e. The van der Waals surface area contributed by atoms with Crippen LogP contribution in [0.2, 0.25) is 0 Å². The molecule has 164 valence electrons. The molecule has 0 radical (unpaired) electrons. The zero-order valence-corrected chi connectivity index (χ0v) is 18.5. The lowest BCUT2D eigenvalue weighted by Gasteiger charge is -2.34. The second-order valence-electron chi connectivity index (χ2n) is 8.22. The molecule has 0 saturated carbocycles. The Hall–Kier alpha value is -3.83. The zero-order chi connectivity index (χ0) is 22.5. The van der Waals surface area contributed by atoms with E-state index in [0.717, 1.165) is 54.9 Å². The highest BCUT2D eigenvalue weighted by Crippen LogP contribution is 2.25. The van der Waals surface area contributed by atoms with E-state index in [9.17, 15) is 4.79 Å². The number of pyridine rings is 2. The lowest BCUT2D eigenvalue weighted by atomic mass is 10.0. The van der Waals surface area contributed by atoms with Crippen LogP contribution >= 0.6 is 0 Å². The number of fused-ring (bicyclic) bond motifs is 1. The minimum absolute atomic E-state index is 0.0678. The minimum Gasteiger partial charge on any atom is -0.336 e. The van der Waals surface area contributed by atoms with E-state index in [1.165, 1.54) is 5.56 Å². The van der Waals surface area contributed by atoms with Crippen molar-refractivity contribution in [3.8, 4) is 11.3 Å². The number of rotatable bonds is 5. The molecule has 4 aromatic rings. The first-order valence-electron chi connectivity index (χ1n) is 11.3. The summed E-state index contributed by atoms with van der Waals surface area (Å²) in [6, 6.07) is 24.0. The highest BCUT2D eigenvalue weighted by atomic mass is 16.2. The van der Waals surface area contributed by atoms with Gasteiger partial charge in [0.25, 0.3) is 5.91 Å². The molecular formula is C28H26N4O. The molecule has 0 spiro atoms. The van der Waals surface area contributed by atoms with Crippen LogP contribution in [0.25, 0.3) is 28.2 Å². The summed E-state index contributed by atoms with van der Waals surface area (Å²) >= 11 is 0. The summed E-state index contributed by atoms with van der Waals surface area (Å²) in [5, 5.41) is 0.892. The van der Waals surface area contributed by atoms with E-state index in [1.54, 1.807) is 12.4 Å². The number of para-hydroxylation sites is 1. The van der Waals surface area contributed by atoms with Crippen LogP contribution in [0.15, 0.2) is 91.3 Å². The van der Waals surface area contributed by atoms with Crippen LogP contribution in [0.5, 0.6) is 0 Å². The molecule has 2 aromatic heterocycles. The number of hydrogen-bond acceptors (Lipinski definition) is 4. The SMILES string of the molecule is O=C(c1cc(-c2cccnc2)nc2ccccc12)N1CCN(C/C=C/c2ccccc2)CC1. The number of aromatic nitrogens is 2. The molecule has 0 atom stereocenters. The summed E-state index contributed by atoms with van der Waals surface area (Å²) in [6.07, 6.45) is 7.88. The molecule has 1 aliphatic rings. The highest BCUT2D eigenvalue weighted by Gasteiger charge is 2.24. The van der Waals surface area contributed by atoms with Crippen LogP contribution in [0.3, 0.4) is 0 Å². The molecule has 5 nitrogen and oxygen atoms in total. The van der Waals surface area contributed by atoms with Gasteiger partial charge in [-0.25, -0.2) is 4.98 Å². The van der Waals surface area contributed by atoms with Crippen molar-refractivity contribution in [2.75, 3.05) is 32.7 Å². The Morgan fingerprint density at radius 3 is 2.48 bits per heavy atom. The Bertz CT molecular complexity index is 1260. The molecule has 1 amide bonds. The summed E-state index contributed by atoms with van der Waals surface area (Å²) in [4.78, 5) is 26.9. The van der Waals surface area contributed by atoms with E-state index in [1.807, 2.05) is 65.6 Å². The van der Waals surface area contributed by atoms with Gasteiger partial charge in [-0.15, -0.1) is 0 Å². The van der Waals surface area contributed by atoms with Crippen molar-refractivity contribution in [3.05, 3.63) is 102 Å². The van der Waals surface area contributed by atoms with Crippen molar-refractivity contribution in [1.82, 2.24) is 19.8 Å². The number of carbonyl (C=O) groups is 1. The van der Waals surface area contributed by atoms with Gasteiger partial charge in [0, 0.05) is 56.1 Å². The molecule has 33 heavy (non-hydrogen) atoms. The Kier molecular flexibility index (Phi) is 6.22. The van der Waals surface area contributed by atoms with Crippen molar-refractivity contribution in [2.45, 2.75) is 0 Å². The quantitative estimate of drug-likeness (QED) is 0.454. The van der Waals surface area contributed by atoms with Crippen molar-refractivity contribution in [3.63, 3.8) is 0 Å². The maximum atomic E-state index is 13.6.